The molecular weight excluding hydrogens is 517 g/mol. The number of hydrogen-bond donors (Lipinski definition) is 0. The molecule has 0 saturated heterocycles. The zero-order valence-corrected chi connectivity index (χ0v) is 21.4. The molecule has 174 valence electrons. The molecule has 1 aromatic rings. The maximum atomic E-state index is 13.3. The molecule has 11 heteroatoms. The lowest BCUT2D eigenvalue weighted by atomic mass is 9.82. The van der Waals surface area contributed by atoms with Crippen LogP contribution in [-0.2, 0) is 29.9 Å². The highest BCUT2D eigenvalue weighted by Crippen LogP contribution is 2.45. The van der Waals surface area contributed by atoms with E-state index in [9.17, 15) is 26.4 Å². The number of ketones is 1. The molecule has 1 aliphatic carbocycles. The van der Waals surface area contributed by atoms with E-state index in [1.54, 1.807) is 24.3 Å². The van der Waals surface area contributed by atoms with Crippen molar-refractivity contribution >= 4 is 40.1 Å². The monoisotopic (exact) mass is 542 g/mol. The van der Waals surface area contributed by atoms with E-state index in [2.05, 4.69) is 20.1 Å². The van der Waals surface area contributed by atoms with E-state index in [0.717, 1.165) is 0 Å². The van der Waals surface area contributed by atoms with Gasteiger partial charge in [-0.05, 0) is 42.3 Å². The summed E-state index contributed by atoms with van der Waals surface area (Å²) in [7, 11) is -8.76. The number of allylic oxidation sites excluding steroid dienone is 1. The quantitative estimate of drug-likeness (QED) is 0.255. The van der Waals surface area contributed by atoms with Crippen LogP contribution in [0.2, 0.25) is 18.1 Å². The minimum absolute atomic E-state index is 0.00198. The summed E-state index contributed by atoms with van der Waals surface area (Å²) in [5.41, 5.74) is -7.04. The second kappa shape index (κ2) is 8.64. The molecule has 0 bridgehead atoms. The molecule has 0 heterocycles. The molecule has 1 aromatic carbocycles. The molecule has 0 aliphatic heterocycles. The van der Waals surface area contributed by atoms with Crippen LogP contribution in [0.5, 0.6) is 0 Å². The lowest BCUT2D eigenvalue weighted by Gasteiger charge is -2.46. The van der Waals surface area contributed by atoms with Crippen LogP contribution in [0.3, 0.4) is 0 Å². The zero-order chi connectivity index (χ0) is 23.9. The number of benzene rings is 1. The van der Waals surface area contributed by atoms with Crippen molar-refractivity contribution in [2.75, 3.05) is 0 Å². The summed E-state index contributed by atoms with van der Waals surface area (Å²) in [5, 5.41) is -0.403. The first-order valence-electron chi connectivity index (χ1n) is 9.61. The van der Waals surface area contributed by atoms with Crippen LogP contribution >= 0.6 is 15.9 Å². The highest BCUT2D eigenvalue weighted by atomic mass is 79.9. The van der Waals surface area contributed by atoms with E-state index in [4.69, 9.17) is 4.43 Å². The normalized spacial score (nSPS) is 21.1. The van der Waals surface area contributed by atoms with Crippen molar-refractivity contribution in [1.29, 1.82) is 0 Å². The third-order valence-corrected chi connectivity index (χ3v) is 11.9. The average Bonchev–Trinajstić information content (AvgIpc) is 2.58. The van der Waals surface area contributed by atoms with Crippen molar-refractivity contribution in [3.63, 3.8) is 0 Å². The molecule has 2 rings (SSSR count). The molecule has 0 fully saturated rings. The van der Waals surface area contributed by atoms with Gasteiger partial charge in [0.1, 0.15) is 0 Å². The van der Waals surface area contributed by atoms with Gasteiger partial charge in [-0.2, -0.15) is 21.6 Å². The van der Waals surface area contributed by atoms with Crippen LogP contribution in [0.1, 0.15) is 39.2 Å². The first kappa shape index (κ1) is 26.1. The van der Waals surface area contributed by atoms with Crippen LogP contribution in [-0.4, -0.2) is 33.6 Å². The Balaban J connectivity index is 2.69. The molecule has 1 atom stereocenters. The molecule has 0 N–H and O–H groups in total. The van der Waals surface area contributed by atoms with Gasteiger partial charge in [-0.25, -0.2) is 0 Å². The minimum Gasteiger partial charge on any atom is -0.398 e. The fourth-order valence-corrected chi connectivity index (χ4v) is 5.36. The molecule has 0 amide bonds. The maximum Gasteiger partial charge on any atom is 0.534 e. The van der Waals surface area contributed by atoms with E-state index in [-0.39, 0.29) is 19.3 Å². The number of Topliss-reactive ketones (excluding diaryl/α,β-unsaturated/α-hetero) is 1. The van der Waals surface area contributed by atoms with Gasteiger partial charge in [-0.15, -0.1) is 0 Å². The third kappa shape index (κ3) is 5.43. The number of alkyl halides is 3. The summed E-state index contributed by atoms with van der Waals surface area (Å²) in [6, 6.07) is 6.88. The summed E-state index contributed by atoms with van der Waals surface area (Å²) in [6.45, 7) is 9.42. The van der Waals surface area contributed by atoms with Gasteiger partial charge in [0, 0.05) is 17.3 Å². The van der Waals surface area contributed by atoms with E-state index in [1.807, 2.05) is 33.9 Å². The lowest BCUT2D eigenvalue weighted by molar-refractivity contribution is -0.135. The average molecular weight is 543 g/mol. The van der Waals surface area contributed by atoms with E-state index >= 15 is 0 Å². The van der Waals surface area contributed by atoms with Crippen molar-refractivity contribution in [2.24, 2.45) is 0 Å². The fourth-order valence-electron chi connectivity index (χ4n) is 2.93. The van der Waals surface area contributed by atoms with Crippen LogP contribution < -0.4 is 0 Å². The van der Waals surface area contributed by atoms with Crippen molar-refractivity contribution < 1.29 is 35.0 Å². The summed E-state index contributed by atoms with van der Waals surface area (Å²) >= 11 is 3.39. The van der Waals surface area contributed by atoms with Gasteiger partial charge in [0.25, 0.3) is 0 Å². The van der Waals surface area contributed by atoms with Gasteiger partial charge in [0.05, 0.1) is 0 Å². The molecule has 0 aromatic heterocycles. The van der Waals surface area contributed by atoms with E-state index < -0.39 is 46.1 Å². The Hall–Kier alpha value is -1.17. The summed E-state index contributed by atoms with van der Waals surface area (Å²) in [6.07, 6.45) is 1.10. The van der Waals surface area contributed by atoms with Crippen LogP contribution in [0.25, 0.3) is 0 Å². The zero-order valence-electron chi connectivity index (χ0n) is 18.0. The lowest BCUT2D eigenvalue weighted by Crippen LogP contribution is -2.57. The largest absolute Gasteiger partial charge is 0.534 e. The Morgan fingerprint density at radius 1 is 1.16 bits per heavy atom. The van der Waals surface area contributed by atoms with Crippen molar-refractivity contribution in [2.45, 2.75) is 69.3 Å². The molecule has 0 spiro atoms. The Morgan fingerprint density at radius 3 is 2.26 bits per heavy atom. The fraction of sp³-hybridized carbons (Fsp3) is 0.550. The third-order valence-electron chi connectivity index (χ3n) is 5.67. The number of rotatable bonds is 6. The van der Waals surface area contributed by atoms with Gasteiger partial charge in [-0.3, -0.25) is 4.79 Å². The number of carbonyl (C=O) groups is 1. The van der Waals surface area contributed by atoms with Gasteiger partial charge >= 0.3 is 15.6 Å². The number of carbonyl (C=O) groups excluding carboxylic acids is 1. The standard InChI is InChI=1S/C20H26BrF3O5SSi/c1-18(2,3)31(4,5)29-19(13-14-9-6-7-10-15(14)21)16(25)11-8-12-17(19)28-30(26,27)20(22,23)24/h6-7,9-10,12H,8,11,13H2,1-5H3. The molecule has 0 saturated carbocycles. The smallest absolute Gasteiger partial charge is 0.398 e. The Bertz CT molecular complexity index is 983. The molecule has 1 unspecified atom stereocenters. The van der Waals surface area contributed by atoms with Gasteiger partial charge < -0.3 is 8.61 Å². The molecule has 5 nitrogen and oxygen atoms in total. The second-order valence-corrected chi connectivity index (χ2v) is 16.1. The summed E-state index contributed by atoms with van der Waals surface area (Å²) in [4.78, 5) is 13.3. The Kier molecular flexibility index (Phi) is 7.27. The predicted molar refractivity (Wildman–Crippen MR) is 117 cm³/mol. The number of halogens is 4. The number of hydrogen-bond acceptors (Lipinski definition) is 5. The molecule has 0 radical (unpaired) electrons. The van der Waals surface area contributed by atoms with E-state index in [0.29, 0.717) is 10.0 Å². The maximum absolute atomic E-state index is 13.3. The molecule has 1 aliphatic rings. The highest BCUT2D eigenvalue weighted by Gasteiger charge is 2.56. The van der Waals surface area contributed by atoms with Crippen LogP contribution in [0, 0.1) is 0 Å². The SMILES string of the molecule is CC(C)(C)[Si](C)(C)OC1(Cc2ccccc2Br)C(=O)CCC=C1OS(=O)(=O)C(F)(F)F. The Morgan fingerprint density at radius 2 is 1.74 bits per heavy atom. The van der Waals surface area contributed by atoms with E-state index in [1.165, 1.54) is 6.08 Å². The second-order valence-electron chi connectivity index (χ2n) is 8.97. The van der Waals surface area contributed by atoms with Crippen molar-refractivity contribution in [1.82, 2.24) is 0 Å². The van der Waals surface area contributed by atoms with Crippen molar-refractivity contribution in [3.8, 4) is 0 Å². The Labute approximate surface area is 190 Å². The molecular formula is C20H26BrF3O5SSi. The topological polar surface area (TPSA) is 69.7 Å². The highest BCUT2D eigenvalue weighted by molar-refractivity contribution is 9.10. The molecule has 31 heavy (non-hydrogen) atoms. The van der Waals surface area contributed by atoms with Gasteiger partial charge in [-0.1, -0.05) is 54.9 Å². The van der Waals surface area contributed by atoms with Gasteiger partial charge in [0.2, 0.25) is 0 Å². The van der Waals surface area contributed by atoms with Gasteiger partial charge in [0.15, 0.2) is 25.5 Å². The summed E-state index contributed by atoms with van der Waals surface area (Å²) in [5.74, 6) is -1.13. The predicted octanol–water partition coefficient (Wildman–Crippen LogP) is 5.87. The minimum atomic E-state index is -5.98. The van der Waals surface area contributed by atoms with Crippen molar-refractivity contribution in [3.05, 3.63) is 46.1 Å². The first-order valence-corrected chi connectivity index (χ1v) is 14.7. The summed E-state index contributed by atoms with van der Waals surface area (Å²) < 4.78 is 74.6. The first-order chi connectivity index (χ1) is 13.9. The van der Waals surface area contributed by atoms with Crippen LogP contribution in [0.15, 0.2) is 40.6 Å². The van der Waals surface area contributed by atoms with Crippen LogP contribution in [0.4, 0.5) is 13.2 Å².